The van der Waals surface area contributed by atoms with Gasteiger partial charge in [-0.1, -0.05) is 0 Å². The van der Waals surface area contributed by atoms with Crippen LogP contribution in [0.4, 0.5) is 8.78 Å². The third kappa shape index (κ3) is 1.01. The Labute approximate surface area is 72.4 Å². The number of halogens is 2. The number of fused-ring (bicyclic) bond motifs is 1. The zero-order valence-corrected chi connectivity index (χ0v) is 7.21. The highest BCUT2D eigenvalue weighted by atomic mass is 32.1. The molecule has 3 heteroatoms. The van der Waals surface area contributed by atoms with Crippen molar-refractivity contribution in [3.8, 4) is 0 Å². The topological polar surface area (TPSA) is 0 Å². The molecule has 0 amide bonds. The van der Waals surface area contributed by atoms with Crippen molar-refractivity contribution in [2.24, 2.45) is 0 Å². The van der Waals surface area contributed by atoms with Gasteiger partial charge in [0.15, 0.2) is 0 Å². The fourth-order valence-electron chi connectivity index (χ4n) is 1.18. The van der Waals surface area contributed by atoms with Gasteiger partial charge in [0.05, 0.1) is 4.70 Å². The zero-order chi connectivity index (χ0) is 8.72. The van der Waals surface area contributed by atoms with E-state index in [1.54, 1.807) is 0 Å². The fraction of sp³-hybridized carbons (Fsp3) is 0.111. The Bertz CT molecular complexity index is 431. The summed E-state index contributed by atoms with van der Waals surface area (Å²) in [6.45, 7) is 1.84. The molecule has 12 heavy (non-hydrogen) atoms. The molecule has 0 nitrogen and oxygen atoms in total. The van der Waals surface area contributed by atoms with Crippen LogP contribution in [0, 0.1) is 18.6 Å². The van der Waals surface area contributed by atoms with Crippen LogP contribution in [-0.4, -0.2) is 0 Å². The predicted octanol–water partition coefficient (Wildman–Crippen LogP) is 3.49. The Kier molecular flexibility index (Phi) is 1.61. The highest BCUT2D eigenvalue weighted by molar-refractivity contribution is 7.17. The summed E-state index contributed by atoms with van der Waals surface area (Å²) in [7, 11) is 0. The molecule has 2 rings (SSSR count). The lowest BCUT2D eigenvalue weighted by Crippen LogP contribution is -1.79. The highest BCUT2D eigenvalue weighted by Gasteiger charge is 2.07. The second-order valence-electron chi connectivity index (χ2n) is 2.68. The summed E-state index contributed by atoms with van der Waals surface area (Å²) < 4.78 is 26.3. The standard InChI is InChI=1S/C9H6F2S/c1-5-4-12-9-7(5)2-6(10)3-8(9)11/h2-4H,1H3. The van der Waals surface area contributed by atoms with Crippen LogP contribution in [-0.2, 0) is 0 Å². The van der Waals surface area contributed by atoms with E-state index in [2.05, 4.69) is 0 Å². The molecule has 0 fully saturated rings. The molecular formula is C9H6F2S. The van der Waals surface area contributed by atoms with Crippen LogP contribution >= 0.6 is 11.3 Å². The molecule has 0 radical (unpaired) electrons. The molecule has 0 N–H and O–H groups in total. The molecule has 2 aromatic rings. The van der Waals surface area contributed by atoms with Gasteiger partial charge in [-0.3, -0.25) is 0 Å². The van der Waals surface area contributed by atoms with Crippen molar-refractivity contribution in [1.82, 2.24) is 0 Å². The van der Waals surface area contributed by atoms with Crippen molar-refractivity contribution in [3.63, 3.8) is 0 Å². The van der Waals surface area contributed by atoms with E-state index in [0.29, 0.717) is 10.1 Å². The smallest absolute Gasteiger partial charge is 0.143 e. The highest BCUT2D eigenvalue weighted by Crippen LogP contribution is 2.28. The maximum atomic E-state index is 13.0. The maximum absolute atomic E-state index is 13.0. The summed E-state index contributed by atoms with van der Waals surface area (Å²) >= 11 is 1.31. The molecule has 1 heterocycles. The summed E-state index contributed by atoms with van der Waals surface area (Å²) in [5.41, 5.74) is 0.924. The Morgan fingerprint density at radius 1 is 1.25 bits per heavy atom. The van der Waals surface area contributed by atoms with Crippen molar-refractivity contribution in [3.05, 3.63) is 34.7 Å². The van der Waals surface area contributed by atoms with E-state index in [4.69, 9.17) is 0 Å². The lowest BCUT2D eigenvalue weighted by Gasteiger charge is -1.93. The minimum absolute atomic E-state index is 0.469. The van der Waals surface area contributed by atoms with Crippen LogP contribution in [0.2, 0.25) is 0 Å². The molecule has 0 atom stereocenters. The fourth-order valence-corrected chi connectivity index (χ4v) is 2.12. The van der Waals surface area contributed by atoms with Gasteiger partial charge >= 0.3 is 0 Å². The van der Waals surface area contributed by atoms with Gasteiger partial charge in [0.1, 0.15) is 11.6 Å². The lowest BCUT2D eigenvalue weighted by atomic mass is 10.2. The lowest BCUT2D eigenvalue weighted by molar-refractivity contribution is 0.593. The molecule has 0 aliphatic heterocycles. The molecule has 1 aromatic carbocycles. The SMILES string of the molecule is Cc1csc2c(F)cc(F)cc12. The summed E-state index contributed by atoms with van der Waals surface area (Å²) in [6.07, 6.45) is 0. The molecule has 0 spiro atoms. The number of benzene rings is 1. The second-order valence-corrected chi connectivity index (χ2v) is 3.56. The number of hydrogen-bond donors (Lipinski definition) is 0. The number of hydrogen-bond acceptors (Lipinski definition) is 1. The van der Waals surface area contributed by atoms with Crippen LogP contribution in [0.15, 0.2) is 17.5 Å². The normalized spacial score (nSPS) is 10.9. The Hall–Kier alpha value is -0.960. The maximum Gasteiger partial charge on any atom is 0.143 e. The minimum atomic E-state index is -0.512. The zero-order valence-electron chi connectivity index (χ0n) is 6.40. The molecule has 0 saturated heterocycles. The molecule has 0 unspecified atom stereocenters. The molecule has 0 aliphatic carbocycles. The van der Waals surface area contributed by atoms with Crippen molar-refractivity contribution in [2.45, 2.75) is 6.92 Å². The molecule has 0 bridgehead atoms. The second kappa shape index (κ2) is 2.52. The van der Waals surface area contributed by atoms with Crippen molar-refractivity contribution in [2.75, 3.05) is 0 Å². The van der Waals surface area contributed by atoms with Crippen molar-refractivity contribution < 1.29 is 8.78 Å². The summed E-state index contributed by atoms with van der Waals surface area (Å²) in [6, 6.07) is 2.28. The van der Waals surface area contributed by atoms with Crippen LogP contribution < -0.4 is 0 Å². The van der Waals surface area contributed by atoms with E-state index in [1.807, 2.05) is 12.3 Å². The summed E-state index contributed by atoms with van der Waals surface area (Å²) in [5.74, 6) is -0.982. The van der Waals surface area contributed by atoms with Crippen molar-refractivity contribution in [1.29, 1.82) is 0 Å². The third-order valence-corrected chi connectivity index (χ3v) is 2.91. The average Bonchev–Trinajstić information content (AvgIpc) is 2.33. The van der Waals surface area contributed by atoms with Gasteiger partial charge in [-0.25, -0.2) is 8.78 Å². The Morgan fingerprint density at radius 3 is 2.75 bits per heavy atom. The van der Waals surface area contributed by atoms with Crippen LogP contribution in [0.3, 0.4) is 0 Å². The predicted molar refractivity (Wildman–Crippen MR) is 46.5 cm³/mol. The molecule has 62 valence electrons. The number of rotatable bonds is 0. The minimum Gasteiger partial charge on any atom is -0.207 e. The third-order valence-electron chi connectivity index (χ3n) is 1.79. The Morgan fingerprint density at radius 2 is 2.00 bits per heavy atom. The van der Waals surface area contributed by atoms with Crippen LogP contribution in [0.1, 0.15) is 5.56 Å². The van der Waals surface area contributed by atoms with E-state index < -0.39 is 11.6 Å². The average molecular weight is 184 g/mol. The van der Waals surface area contributed by atoms with E-state index in [1.165, 1.54) is 17.4 Å². The van der Waals surface area contributed by atoms with Gasteiger partial charge in [0.2, 0.25) is 0 Å². The first-order chi connectivity index (χ1) is 5.68. The van der Waals surface area contributed by atoms with Gasteiger partial charge in [-0.05, 0) is 23.9 Å². The Balaban J connectivity index is 2.92. The molecule has 1 aromatic heterocycles. The molecular weight excluding hydrogens is 178 g/mol. The van der Waals surface area contributed by atoms with Crippen molar-refractivity contribution >= 4 is 21.4 Å². The number of thiophene rings is 1. The van der Waals surface area contributed by atoms with E-state index in [9.17, 15) is 8.78 Å². The first kappa shape index (κ1) is 7.68. The van der Waals surface area contributed by atoms with Gasteiger partial charge in [0, 0.05) is 11.5 Å². The van der Waals surface area contributed by atoms with Crippen LogP contribution in [0.5, 0.6) is 0 Å². The molecule has 0 saturated carbocycles. The van der Waals surface area contributed by atoms with Gasteiger partial charge in [-0.15, -0.1) is 11.3 Å². The van der Waals surface area contributed by atoms with Gasteiger partial charge in [-0.2, -0.15) is 0 Å². The summed E-state index contributed by atoms with van der Waals surface area (Å²) in [4.78, 5) is 0. The number of aryl methyl sites for hydroxylation is 1. The first-order valence-corrected chi connectivity index (χ1v) is 4.39. The van der Waals surface area contributed by atoms with Gasteiger partial charge < -0.3 is 0 Å². The van der Waals surface area contributed by atoms with Gasteiger partial charge in [0.25, 0.3) is 0 Å². The van der Waals surface area contributed by atoms with Crippen LogP contribution in [0.25, 0.3) is 10.1 Å². The first-order valence-electron chi connectivity index (χ1n) is 3.51. The van der Waals surface area contributed by atoms with E-state index in [0.717, 1.165) is 11.6 Å². The molecule has 0 aliphatic rings. The monoisotopic (exact) mass is 184 g/mol. The largest absolute Gasteiger partial charge is 0.207 e. The van der Waals surface area contributed by atoms with E-state index >= 15 is 0 Å². The summed E-state index contributed by atoms with van der Waals surface area (Å²) in [5, 5.41) is 2.50. The van der Waals surface area contributed by atoms with E-state index in [-0.39, 0.29) is 0 Å². The quantitative estimate of drug-likeness (QED) is 0.588.